The molecular weight excluding hydrogens is 328 g/mol. The molecule has 7 heteroatoms. The van der Waals surface area contributed by atoms with Crippen molar-refractivity contribution in [2.24, 2.45) is 4.99 Å². The van der Waals surface area contributed by atoms with Gasteiger partial charge in [-0.2, -0.15) is 11.8 Å². The van der Waals surface area contributed by atoms with E-state index in [9.17, 15) is 0 Å². The van der Waals surface area contributed by atoms with Crippen molar-refractivity contribution in [3.05, 3.63) is 16.1 Å². The Hall–Kier alpha value is -0.790. The molecule has 5 nitrogen and oxygen atoms in total. The molecule has 1 aromatic rings. The lowest BCUT2D eigenvalue weighted by Gasteiger charge is -2.37. The van der Waals surface area contributed by atoms with Gasteiger partial charge in [-0.15, -0.1) is 11.3 Å². The maximum atomic E-state index is 5.53. The minimum Gasteiger partial charge on any atom is -0.381 e. The normalized spacial score (nSPS) is 18.0. The van der Waals surface area contributed by atoms with Gasteiger partial charge >= 0.3 is 0 Å². The standard InChI is InChI=1S/C16H28N4OS2/c1-4-23-16(6-9-21-10-7-16)12-19-15(17-3)18-8-5-14-11-22-13(2)20-14/h11H,4-10,12H2,1-3H3,(H2,17,18,19). The fourth-order valence-corrected chi connectivity index (χ4v) is 4.61. The number of aliphatic imine (C=N–C) groups is 1. The Bertz CT molecular complexity index is 493. The van der Waals surface area contributed by atoms with Gasteiger partial charge in [0.25, 0.3) is 0 Å². The topological polar surface area (TPSA) is 58.5 Å². The van der Waals surface area contributed by atoms with Crippen LogP contribution < -0.4 is 10.6 Å². The molecule has 1 fully saturated rings. The van der Waals surface area contributed by atoms with E-state index in [2.05, 4.69) is 32.9 Å². The SMILES string of the molecule is CCSC1(CNC(=NC)NCCc2csc(C)n2)CCOCC1. The number of hydrogen-bond donors (Lipinski definition) is 2. The predicted molar refractivity (Wildman–Crippen MR) is 101 cm³/mol. The highest BCUT2D eigenvalue weighted by Crippen LogP contribution is 2.34. The quantitative estimate of drug-likeness (QED) is 0.580. The third kappa shape index (κ3) is 5.97. The summed E-state index contributed by atoms with van der Waals surface area (Å²) in [5.74, 6) is 2.01. The van der Waals surface area contributed by atoms with Gasteiger partial charge in [0.1, 0.15) is 0 Å². The van der Waals surface area contributed by atoms with Crippen molar-refractivity contribution in [1.29, 1.82) is 0 Å². The van der Waals surface area contributed by atoms with Gasteiger partial charge in [0.2, 0.25) is 0 Å². The zero-order valence-corrected chi connectivity index (χ0v) is 16.0. The van der Waals surface area contributed by atoms with E-state index in [-0.39, 0.29) is 4.75 Å². The molecule has 1 aliphatic heterocycles. The summed E-state index contributed by atoms with van der Waals surface area (Å²) in [5.41, 5.74) is 1.15. The van der Waals surface area contributed by atoms with Gasteiger partial charge in [-0.05, 0) is 25.5 Å². The number of ether oxygens (including phenoxy) is 1. The van der Waals surface area contributed by atoms with Crippen molar-refractivity contribution >= 4 is 29.1 Å². The maximum absolute atomic E-state index is 5.53. The first-order chi connectivity index (χ1) is 11.2. The van der Waals surface area contributed by atoms with Gasteiger partial charge in [-0.3, -0.25) is 4.99 Å². The summed E-state index contributed by atoms with van der Waals surface area (Å²) in [6, 6.07) is 0. The fourth-order valence-electron chi connectivity index (χ4n) is 2.72. The molecule has 0 radical (unpaired) electrons. The summed E-state index contributed by atoms with van der Waals surface area (Å²) in [7, 11) is 1.83. The smallest absolute Gasteiger partial charge is 0.191 e. The summed E-state index contributed by atoms with van der Waals surface area (Å²) in [6.07, 6.45) is 3.13. The van der Waals surface area contributed by atoms with E-state index < -0.39 is 0 Å². The van der Waals surface area contributed by atoms with Crippen molar-refractivity contribution in [3.63, 3.8) is 0 Å². The first-order valence-corrected chi connectivity index (χ1v) is 10.1. The largest absolute Gasteiger partial charge is 0.381 e. The number of guanidine groups is 1. The second-order valence-electron chi connectivity index (χ2n) is 5.69. The van der Waals surface area contributed by atoms with Crippen molar-refractivity contribution < 1.29 is 4.74 Å². The van der Waals surface area contributed by atoms with Gasteiger partial charge in [0.05, 0.1) is 10.7 Å². The van der Waals surface area contributed by atoms with Gasteiger partial charge in [0, 0.05) is 49.9 Å². The highest BCUT2D eigenvalue weighted by molar-refractivity contribution is 8.00. The number of thioether (sulfide) groups is 1. The van der Waals surface area contributed by atoms with Gasteiger partial charge in [-0.25, -0.2) is 4.98 Å². The molecule has 2 rings (SSSR count). The Morgan fingerprint density at radius 1 is 1.43 bits per heavy atom. The molecule has 23 heavy (non-hydrogen) atoms. The number of nitrogens with zero attached hydrogens (tertiary/aromatic N) is 2. The van der Waals surface area contributed by atoms with Gasteiger partial charge in [0.15, 0.2) is 5.96 Å². The Morgan fingerprint density at radius 3 is 2.83 bits per heavy atom. The lowest BCUT2D eigenvalue weighted by atomic mass is 9.99. The number of aryl methyl sites for hydroxylation is 1. The molecule has 1 aromatic heterocycles. The van der Waals surface area contributed by atoms with Crippen LogP contribution in [0.3, 0.4) is 0 Å². The molecule has 0 bridgehead atoms. The second kappa shape index (κ2) is 9.49. The van der Waals surface area contributed by atoms with Crippen molar-refractivity contribution in [3.8, 4) is 0 Å². The molecule has 2 heterocycles. The minimum absolute atomic E-state index is 0.274. The Labute approximate surface area is 147 Å². The molecule has 0 amide bonds. The van der Waals surface area contributed by atoms with E-state index in [1.54, 1.807) is 11.3 Å². The highest BCUT2D eigenvalue weighted by Gasteiger charge is 2.32. The van der Waals surface area contributed by atoms with E-state index in [0.29, 0.717) is 0 Å². The molecule has 0 unspecified atom stereocenters. The lowest BCUT2D eigenvalue weighted by Crippen LogP contribution is -2.48. The minimum atomic E-state index is 0.274. The summed E-state index contributed by atoms with van der Waals surface area (Å²) < 4.78 is 5.80. The van der Waals surface area contributed by atoms with Crippen LogP contribution >= 0.6 is 23.1 Å². The zero-order chi connectivity index (χ0) is 16.5. The molecule has 0 atom stereocenters. The van der Waals surface area contributed by atoms with E-state index in [1.165, 1.54) is 0 Å². The molecule has 1 aliphatic rings. The Kier molecular flexibility index (Phi) is 7.65. The van der Waals surface area contributed by atoms with Crippen molar-refractivity contribution in [1.82, 2.24) is 15.6 Å². The number of aromatic nitrogens is 1. The summed E-state index contributed by atoms with van der Waals surface area (Å²) in [6.45, 7) is 7.78. The van der Waals surface area contributed by atoms with Crippen molar-refractivity contribution in [2.75, 3.05) is 39.1 Å². The number of hydrogen-bond acceptors (Lipinski definition) is 5. The van der Waals surface area contributed by atoms with Crippen LogP contribution in [0.5, 0.6) is 0 Å². The molecule has 0 aliphatic carbocycles. The van der Waals surface area contributed by atoms with E-state index >= 15 is 0 Å². The first kappa shape index (κ1) is 18.5. The summed E-state index contributed by atoms with van der Waals surface area (Å²) >= 11 is 3.75. The van der Waals surface area contributed by atoms with Crippen LogP contribution in [-0.4, -0.2) is 54.8 Å². The Balaban J connectivity index is 1.77. The van der Waals surface area contributed by atoms with Crippen LogP contribution in [0.1, 0.15) is 30.5 Å². The maximum Gasteiger partial charge on any atom is 0.191 e. The van der Waals surface area contributed by atoms with Crippen LogP contribution in [0.25, 0.3) is 0 Å². The van der Waals surface area contributed by atoms with Gasteiger partial charge < -0.3 is 15.4 Å². The molecule has 0 spiro atoms. The third-order valence-corrected chi connectivity index (χ3v) is 6.27. The van der Waals surface area contributed by atoms with Crippen molar-refractivity contribution in [2.45, 2.75) is 37.9 Å². The molecule has 1 saturated heterocycles. The molecular formula is C16H28N4OS2. The summed E-state index contributed by atoms with van der Waals surface area (Å²) in [4.78, 5) is 8.83. The molecule has 0 saturated carbocycles. The van der Waals surface area contributed by atoms with Gasteiger partial charge in [-0.1, -0.05) is 6.92 Å². The van der Waals surface area contributed by atoms with Crippen LogP contribution in [-0.2, 0) is 11.2 Å². The number of rotatable bonds is 7. The average molecular weight is 357 g/mol. The molecule has 0 aromatic carbocycles. The number of nitrogens with one attached hydrogen (secondary N) is 2. The monoisotopic (exact) mass is 356 g/mol. The Morgan fingerprint density at radius 2 is 2.22 bits per heavy atom. The average Bonchev–Trinajstić information content (AvgIpc) is 2.97. The first-order valence-electron chi connectivity index (χ1n) is 8.25. The zero-order valence-electron chi connectivity index (χ0n) is 14.4. The third-order valence-electron chi connectivity index (χ3n) is 4.00. The van der Waals surface area contributed by atoms with Crippen LogP contribution in [0.4, 0.5) is 0 Å². The van der Waals surface area contributed by atoms with E-state index in [1.807, 2.05) is 25.7 Å². The van der Waals surface area contributed by atoms with E-state index in [4.69, 9.17) is 4.74 Å². The second-order valence-corrected chi connectivity index (χ2v) is 8.48. The molecule has 130 valence electrons. The summed E-state index contributed by atoms with van der Waals surface area (Å²) in [5, 5.41) is 10.1. The number of thiazole rings is 1. The van der Waals surface area contributed by atoms with Crippen LogP contribution in [0.15, 0.2) is 10.4 Å². The lowest BCUT2D eigenvalue weighted by molar-refractivity contribution is 0.0782. The van der Waals surface area contributed by atoms with Crippen LogP contribution in [0, 0.1) is 6.92 Å². The van der Waals surface area contributed by atoms with E-state index in [0.717, 1.165) is 68.0 Å². The fraction of sp³-hybridized carbons (Fsp3) is 0.750. The van der Waals surface area contributed by atoms with Crippen LogP contribution in [0.2, 0.25) is 0 Å². The highest BCUT2D eigenvalue weighted by atomic mass is 32.2. The molecule has 2 N–H and O–H groups in total. The predicted octanol–water partition coefficient (Wildman–Crippen LogP) is 2.46.